The molecule has 0 aliphatic carbocycles. The van der Waals surface area contributed by atoms with Gasteiger partial charge < -0.3 is 5.32 Å². The minimum atomic E-state index is 0.472. The van der Waals surface area contributed by atoms with E-state index in [1.54, 1.807) is 0 Å². The number of hydrogen-bond donors (Lipinski definition) is 3. The summed E-state index contributed by atoms with van der Waals surface area (Å²) < 4.78 is 0. The Labute approximate surface area is 78.3 Å². The van der Waals surface area contributed by atoms with Crippen LogP contribution >= 0.6 is 0 Å². The van der Waals surface area contributed by atoms with E-state index in [0.717, 1.165) is 19.4 Å². The van der Waals surface area contributed by atoms with Crippen LogP contribution in [-0.2, 0) is 6.42 Å². The van der Waals surface area contributed by atoms with Crippen molar-refractivity contribution >= 4 is 5.69 Å². The maximum atomic E-state index is 5.29. The van der Waals surface area contributed by atoms with Gasteiger partial charge in [0.1, 0.15) is 0 Å². The summed E-state index contributed by atoms with van der Waals surface area (Å²) in [6, 6.07) is 8.92. The van der Waals surface area contributed by atoms with Gasteiger partial charge in [-0.1, -0.05) is 18.2 Å². The molecule has 1 atom stereocenters. The molecule has 1 aliphatic heterocycles. The summed E-state index contributed by atoms with van der Waals surface area (Å²) in [4.78, 5) is 0. The Bertz CT molecular complexity index is 285. The standard InChI is InChI=1S/C10H15N3/c11-12-7-9-6-5-8-3-1-2-4-10(8)13-9/h1-4,9,12-13H,5-7,11H2. The second-order valence-corrected chi connectivity index (χ2v) is 3.45. The summed E-state index contributed by atoms with van der Waals surface area (Å²) in [5.74, 6) is 5.29. The number of hydrogen-bond acceptors (Lipinski definition) is 3. The van der Waals surface area contributed by atoms with Gasteiger partial charge in [-0.2, -0.15) is 0 Å². The number of fused-ring (bicyclic) bond motifs is 1. The van der Waals surface area contributed by atoms with Gasteiger partial charge >= 0.3 is 0 Å². The lowest BCUT2D eigenvalue weighted by Gasteiger charge is -2.26. The second kappa shape index (κ2) is 3.77. The first-order valence-electron chi connectivity index (χ1n) is 4.68. The number of nitrogens with one attached hydrogen (secondary N) is 2. The van der Waals surface area contributed by atoms with E-state index in [-0.39, 0.29) is 0 Å². The fourth-order valence-electron chi connectivity index (χ4n) is 1.80. The lowest BCUT2D eigenvalue weighted by Crippen LogP contribution is -2.38. The van der Waals surface area contributed by atoms with Crippen LogP contribution in [0, 0.1) is 0 Å². The van der Waals surface area contributed by atoms with Crippen LogP contribution in [0.15, 0.2) is 24.3 Å². The molecule has 0 amide bonds. The van der Waals surface area contributed by atoms with Crippen molar-refractivity contribution in [1.29, 1.82) is 0 Å². The number of rotatable bonds is 2. The van der Waals surface area contributed by atoms with Crippen molar-refractivity contribution in [2.75, 3.05) is 11.9 Å². The molecule has 3 heteroatoms. The zero-order chi connectivity index (χ0) is 9.10. The second-order valence-electron chi connectivity index (χ2n) is 3.45. The van der Waals surface area contributed by atoms with Gasteiger partial charge in [-0.25, -0.2) is 0 Å². The predicted molar refractivity (Wildman–Crippen MR) is 54.4 cm³/mol. The molecule has 2 rings (SSSR count). The molecule has 0 spiro atoms. The third-order valence-electron chi connectivity index (χ3n) is 2.50. The summed E-state index contributed by atoms with van der Waals surface area (Å²) in [7, 11) is 0. The van der Waals surface area contributed by atoms with Crippen molar-refractivity contribution in [3.8, 4) is 0 Å². The molecule has 0 aromatic heterocycles. The summed E-state index contributed by atoms with van der Waals surface area (Å²) in [5.41, 5.74) is 5.38. The SMILES string of the molecule is NNCC1CCc2ccccc2N1. The van der Waals surface area contributed by atoms with Crippen molar-refractivity contribution in [3.05, 3.63) is 29.8 Å². The van der Waals surface area contributed by atoms with Crippen LogP contribution < -0.4 is 16.6 Å². The highest BCUT2D eigenvalue weighted by Gasteiger charge is 2.15. The van der Waals surface area contributed by atoms with E-state index in [1.165, 1.54) is 11.3 Å². The molecule has 0 saturated carbocycles. The van der Waals surface area contributed by atoms with Gasteiger partial charge in [0.25, 0.3) is 0 Å². The number of aryl methyl sites for hydroxylation is 1. The zero-order valence-corrected chi connectivity index (χ0v) is 7.59. The normalized spacial score (nSPS) is 20.5. The average Bonchev–Trinajstić information content (AvgIpc) is 2.18. The van der Waals surface area contributed by atoms with Gasteiger partial charge in [0, 0.05) is 18.3 Å². The van der Waals surface area contributed by atoms with E-state index < -0.39 is 0 Å². The topological polar surface area (TPSA) is 50.1 Å². The molecular formula is C10H15N3. The van der Waals surface area contributed by atoms with Crippen molar-refractivity contribution in [3.63, 3.8) is 0 Å². The van der Waals surface area contributed by atoms with Crippen molar-refractivity contribution in [2.24, 2.45) is 5.84 Å². The molecule has 70 valence electrons. The highest BCUT2D eigenvalue weighted by Crippen LogP contribution is 2.23. The quantitative estimate of drug-likeness (QED) is 0.464. The summed E-state index contributed by atoms with van der Waals surface area (Å²) in [6.45, 7) is 0.828. The van der Waals surface area contributed by atoms with E-state index in [0.29, 0.717) is 6.04 Å². The van der Waals surface area contributed by atoms with E-state index in [9.17, 15) is 0 Å². The summed E-state index contributed by atoms with van der Waals surface area (Å²) in [6.07, 6.45) is 2.30. The van der Waals surface area contributed by atoms with Crippen LogP contribution in [0.5, 0.6) is 0 Å². The smallest absolute Gasteiger partial charge is 0.0403 e. The molecule has 3 nitrogen and oxygen atoms in total. The van der Waals surface area contributed by atoms with Crippen LogP contribution in [0.1, 0.15) is 12.0 Å². The number of para-hydroxylation sites is 1. The fraction of sp³-hybridized carbons (Fsp3) is 0.400. The molecule has 4 N–H and O–H groups in total. The number of hydrazine groups is 1. The molecule has 1 unspecified atom stereocenters. The van der Waals surface area contributed by atoms with Gasteiger partial charge in [0.05, 0.1) is 0 Å². The van der Waals surface area contributed by atoms with Crippen molar-refractivity contribution in [1.82, 2.24) is 5.43 Å². The Morgan fingerprint density at radius 1 is 1.46 bits per heavy atom. The van der Waals surface area contributed by atoms with E-state index in [4.69, 9.17) is 5.84 Å². The minimum absolute atomic E-state index is 0.472. The van der Waals surface area contributed by atoms with E-state index >= 15 is 0 Å². The zero-order valence-electron chi connectivity index (χ0n) is 7.59. The Kier molecular flexibility index (Phi) is 2.47. The lowest BCUT2D eigenvalue weighted by atomic mass is 9.98. The summed E-state index contributed by atoms with van der Waals surface area (Å²) >= 11 is 0. The van der Waals surface area contributed by atoms with Gasteiger partial charge in [0.15, 0.2) is 0 Å². The largest absolute Gasteiger partial charge is 0.381 e. The van der Waals surface area contributed by atoms with Crippen LogP contribution in [0.3, 0.4) is 0 Å². The lowest BCUT2D eigenvalue weighted by molar-refractivity contribution is 0.572. The maximum absolute atomic E-state index is 5.29. The Morgan fingerprint density at radius 3 is 3.15 bits per heavy atom. The van der Waals surface area contributed by atoms with E-state index in [1.807, 2.05) is 0 Å². The summed E-state index contributed by atoms with van der Waals surface area (Å²) in [5, 5.41) is 3.46. The van der Waals surface area contributed by atoms with Gasteiger partial charge in [-0.15, -0.1) is 0 Å². The monoisotopic (exact) mass is 177 g/mol. The third-order valence-corrected chi connectivity index (χ3v) is 2.50. The van der Waals surface area contributed by atoms with Crippen LogP contribution in [-0.4, -0.2) is 12.6 Å². The van der Waals surface area contributed by atoms with Crippen molar-refractivity contribution < 1.29 is 0 Å². The molecule has 1 aliphatic rings. The average molecular weight is 177 g/mol. The van der Waals surface area contributed by atoms with Gasteiger partial charge in [-0.3, -0.25) is 11.3 Å². The first-order chi connectivity index (χ1) is 6.40. The molecule has 0 saturated heterocycles. The predicted octanol–water partition coefficient (Wildman–Crippen LogP) is 0.877. The Balaban J connectivity index is 2.11. The first-order valence-corrected chi connectivity index (χ1v) is 4.68. The van der Waals surface area contributed by atoms with Crippen LogP contribution in [0.25, 0.3) is 0 Å². The van der Waals surface area contributed by atoms with Gasteiger partial charge in [0.2, 0.25) is 0 Å². The highest BCUT2D eigenvalue weighted by atomic mass is 15.2. The molecule has 0 bridgehead atoms. The van der Waals surface area contributed by atoms with Gasteiger partial charge in [-0.05, 0) is 24.5 Å². The molecule has 13 heavy (non-hydrogen) atoms. The maximum Gasteiger partial charge on any atom is 0.0403 e. The van der Waals surface area contributed by atoms with E-state index in [2.05, 4.69) is 35.0 Å². The molecule has 1 aromatic rings. The molecule has 0 radical (unpaired) electrons. The fourth-order valence-corrected chi connectivity index (χ4v) is 1.80. The number of anilines is 1. The first kappa shape index (κ1) is 8.53. The number of benzene rings is 1. The third kappa shape index (κ3) is 1.82. The van der Waals surface area contributed by atoms with Crippen molar-refractivity contribution in [2.45, 2.75) is 18.9 Å². The molecule has 0 fully saturated rings. The molecule has 1 heterocycles. The molecular weight excluding hydrogens is 162 g/mol. The highest BCUT2D eigenvalue weighted by molar-refractivity contribution is 5.53. The number of nitrogens with two attached hydrogens (primary N) is 1. The Morgan fingerprint density at radius 2 is 2.31 bits per heavy atom. The van der Waals surface area contributed by atoms with Crippen LogP contribution in [0.4, 0.5) is 5.69 Å². The van der Waals surface area contributed by atoms with Crippen LogP contribution in [0.2, 0.25) is 0 Å². The Hall–Kier alpha value is -1.06. The molecule has 1 aromatic carbocycles. The minimum Gasteiger partial charge on any atom is -0.381 e.